The monoisotopic (exact) mass is 347 g/mol. The first kappa shape index (κ1) is 13.5. The van der Waals surface area contributed by atoms with E-state index in [9.17, 15) is 9.18 Å². The molecule has 94 valence electrons. The number of carbonyl (C=O) groups is 1. The molecule has 0 aliphatic rings. The molecule has 1 amide bonds. The molecule has 0 bridgehead atoms. The lowest BCUT2D eigenvalue weighted by molar-refractivity contribution is 0.103. The molecule has 0 aliphatic heterocycles. The van der Waals surface area contributed by atoms with Crippen LogP contribution >= 0.6 is 38.9 Å². The maximum Gasteiger partial charge on any atom is 0.265 e. The minimum Gasteiger partial charge on any atom is -0.319 e. The van der Waals surface area contributed by atoms with Crippen LogP contribution in [0, 0.1) is 12.7 Å². The van der Waals surface area contributed by atoms with E-state index < -0.39 is 5.82 Å². The highest BCUT2D eigenvalue weighted by atomic mass is 79.9. The van der Waals surface area contributed by atoms with Gasteiger partial charge in [0.05, 0.1) is 19.4 Å². The summed E-state index contributed by atoms with van der Waals surface area (Å²) < 4.78 is 14.5. The molecule has 0 unspecified atom stereocenters. The number of hydrogen-bond donors (Lipinski definition) is 1. The van der Waals surface area contributed by atoms with E-state index in [1.807, 2.05) is 6.92 Å². The van der Waals surface area contributed by atoms with Crippen molar-refractivity contribution in [2.24, 2.45) is 0 Å². The number of nitrogens with one attached hydrogen (secondary N) is 1. The zero-order chi connectivity index (χ0) is 13.3. The third-order valence-corrected chi connectivity index (χ3v) is 4.71. The first-order valence-electron chi connectivity index (χ1n) is 5.00. The van der Waals surface area contributed by atoms with Crippen LogP contribution in [0.25, 0.3) is 0 Å². The van der Waals surface area contributed by atoms with Gasteiger partial charge in [-0.2, -0.15) is 0 Å². The molecule has 0 fully saturated rings. The van der Waals surface area contributed by atoms with Crippen molar-refractivity contribution in [3.63, 3.8) is 0 Å². The van der Waals surface area contributed by atoms with Crippen molar-refractivity contribution >= 4 is 50.5 Å². The fraction of sp³-hybridized carbons (Fsp3) is 0.0833. The van der Waals surface area contributed by atoms with Crippen molar-refractivity contribution in [3.8, 4) is 0 Å². The van der Waals surface area contributed by atoms with Gasteiger partial charge in [0.15, 0.2) is 5.82 Å². The van der Waals surface area contributed by atoms with Gasteiger partial charge in [0, 0.05) is 0 Å². The Morgan fingerprint density at radius 1 is 1.50 bits per heavy atom. The van der Waals surface area contributed by atoms with Crippen LogP contribution < -0.4 is 5.32 Å². The minimum atomic E-state index is -0.625. The molecular weight excluding hydrogens is 341 g/mol. The van der Waals surface area contributed by atoms with Gasteiger partial charge in [-0.25, -0.2) is 4.39 Å². The first-order valence-corrected chi connectivity index (χ1v) is 6.99. The third kappa shape index (κ3) is 2.74. The number of carbonyl (C=O) groups excluding carboxylic acids is 1. The van der Waals surface area contributed by atoms with Crippen LogP contribution in [0.3, 0.4) is 0 Å². The first-order chi connectivity index (χ1) is 8.49. The topological polar surface area (TPSA) is 29.1 Å². The van der Waals surface area contributed by atoms with Crippen molar-refractivity contribution in [2.45, 2.75) is 6.92 Å². The van der Waals surface area contributed by atoms with E-state index in [0.29, 0.717) is 4.88 Å². The van der Waals surface area contributed by atoms with E-state index in [2.05, 4.69) is 21.2 Å². The Hall–Kier alpha value is -0.910. The molecule has 18 heavy (non-hydrogen) atoms. The van der Waals surface area contributed by atoms with Crippen molar-refractivity contribution in [1.82, 2.24) is 0 Å². The van der Waals surface area contributed by atoms with Gasteiger partial charge in [-0.05, 0) is 46.6 Å². The normalized spacial score (nSPS) is 10.4. The molecule has 2 nitrogen and oxygen atoms in total. The second kappa shape index (κ2) is 5.38. The summed E-state index contributed by atoms with van der Waals surface area (Å²) in [6.07, 6.45) is 0. The number of benzene rings is 1. The number of thiophene rings is 1. The smallest absolute Gasteiger partial charge is 0.265 e. The van der Waals surface area contributed by atoms with Crippen LogP contribution in [0.5, 0.6) is 0 Å². The number of anilines is 1. The molecule has 2 aromatic rings. The average molecular weight is 349 g/mol. The number of amides is 1. The second-order valence-corrected chi connectivity index (χ2v) is 6.40. The third-order valence-electron chi connectivity index (χ3n) is 2.28. The molecule has 1 heterocycles. The molecule has 6 heteroatoms. The predicted octanol–water partition coefficient (Wildman–Crippen LogP) is 4.86. The van der Waals surface area contributed by atoms with E-state index in [1.54, 1.807) is 12.1 Å². The molecule has 1 aromatic heterocycles. The zero-order valence-electron chi connectivity index (χ0n) is 9.26. The van der Waals surface area contributed by atoms with E-state index >= 15 is 0 Å². The van der Waals surface area contributed by atoms with Gasteiger partial charge >= 0.3 is 0 Å². The van der Waals surface area contributed by atoms with Gasteiger partial charge in [0.25, 0.3) is 5.91 Å². The van der Waals surface area contributed by atoms with Crippen LogP contribution in [0.2, 0.25) is 5.02 Å². The Bertz CT molecular complexity index is 595. The molecular formula is C12H8BrClFNOS. The van der Waals surface area contributed by atoms with Crippen molar-refractivity contribution in [2.75, 3.05) is 5.32 Å². The van der Waals surface area contributed by atoms with Crippen molar-refractivity contribution < 1.29 is 9.18 Å². The van der Waals surface area contributed by atoms with Crippen molar-refractivity contribution in [3.05, 3.63) is 49.3 Å². The van der Waals surface area contributed by atoms with Crippen LogP contribution in [-0.2, 0) is 0 Å². The second-order valence-electron chi connectivity index (χ2n) is 3.62. The Labute approximate surface area is 121 Å². The maximum absolute atomic E-state index is 13.6. The molecule has 0 spiro atoms. The summed E-state index contributed by atoms with van der Waals surface area (Å²) in [5, 5.41) is 2.48. The largest absolute Gasteiger partial charge is 0.319 e. The molecule has 0 saturated carbocycles. The predicted molar refractivity (Wildman–Crippen MR) is 76.1 cm³/mol. The van der Waals surface area contributed by atoms with Gasteiger partial charge in [0.2, 0.25) is 0 Å². The van der Waals surface area contributed by atoms with Gasteiger partial charge in [-0.1, -0.05) is 17.7 Å². The molecule has 0 aliphatic carbocycles. The standard InChI is InChI=1S/C12H8BrClFNOS/c1-6-5-9(18-11(6)13)12(17)16-8-4-2-3-7(14)10(8)15/h2-5H,1H3,(H,16,17). The van der Waals surface area contributed by atoms with E-state index in [4.69, 9.17) is 11.6 Å². The lowest BCUT2D eigenvalue weighted by atomic mass is 10.3. The Morgan fingerprint density at radius 3 is 2.83 bits per heavy atom. The Balaban J connectivity index is 2.24. The maximum atomic E-state index is 13.6. The van der Waals surface area contributed by atoms with Gasteiger partial charge < -0.3 is 5.32 Å². The Morgan fingerprint density at radius 2 is 2.22 bits per heavy atom. The number of rotatable bonds is 2. The average Bonchev–Trinajstić information content (AvgIpc) is 2.66. The van der Waals surface area contributed by atoms with Gasteiger partial charge in [-0.3, -0.25) is 4.79 Å². The van der Waals surface area contributed by atoms with Crippen LogP contribution in [0.15, 0.2) is 28.1 Å². The van der Waals surface area contributed by atoms with Crippen molar-refractivity contribution in [1.29, 1.82) is 0 Å². The highest BCUT2D eigenvalue weighted by molar-refractivity contribution is 9.11. The quantitative estimate of drug-likeness (QED) is 0.824. The van der Waals surface area contributed by atoms with Crippen LogP contribution in [-0.4, -0.2) is 5.91 Å². The summed E-state index contributed by atoms with van der Waals surface area (Å²) in [6.45, 7) is 1.89. The minimum absolute atomic E-state index is 0.0173. The number of aryl methyl sites for hydroxylation is 1. The highest BCUT2D eigenvalue weighted by Gasteiger charge is 2.14. The van der Waals surface area contributed by atoms with E-state index in [1.165, 1.54) is 23.5 Å². The van der Waals surface area contributed by atoms with E-state index in [0.717, 1.165) is 9.35 Å². The summed E-state index contributed by atoms with van der Waals surface area (Å²) >= 11 is 10.3. The van der Waals surface area contributed by atoms with Gasteiger partial charge in [-0.15, -0.1) is 11.3 Å². The SMILES string of the molecule is Cc1cc(C(=O)Nc2cccc(Cl)c2F)sc1Br. The fourth-order valence-corrected chi connectivity index (χ4v) is 2.96. The summed E-state index contributed by atoms with van der Waals surface area (Å²) in [4.78, 5) is 12.4. The summed E-state index contributed by atoms with van der Waals surface area (Å²) in [5.41, 5.74) is 1.05. The molecule has 0 radical (unpaired) electrons. The number of halogens is 3. The molecule has 1 N–H and O–H groups in total. The lowest BCUT2D eigenvalue weighted by Gasteiger charge is -2.05. The summed E-state index contributed by atoms with van der Waals surface area (Å²) in [6, 6.07) is 6.22. The number of hydrogen-bond acceptors (Lipinski definition) is 2. The van der Waals surface area contributed by atoms with Crippen LogP contribution in [0.1, 0.15) is 15.2 Å². The zero-order valence-corrected chi connectivity index (χ0v) is 12.4. The highest BCUT2D eigenvalue weighted by Crippen LogP contribution is 2.28. The molecule has 1 aromatic carbocycles. The summed E-state index contributed by atoms with van der Waals surface area (Å²) in [7, 11) is 0. The lowest BCUT2D eigenvalue weighted by Crippen LogP contribution is -2.11. The molecule has 0 atom stereocenters. The Kier molecular flexibility index (Phi) is 4.04. The van der Waals surface area contributed by atoms with E-state index in [-0.39, 0.29) is 16.6 Å². The molecule has 2 rings (SSSR count). The summed E-state index contributed by atoms with van der Waals surface area (Å²) in [5.74, 6) is -0.977. The molecule has 0 saturated heterocycles. The van der Waals surface area contributed by atoms with Gasteiger partial charge in [0.1, 0.15) is 0 Å². The fourth-order valence-electron chi connectivity index (χ4n) is 1.36. The van der Waals surface area contributed by atoms with Crippen LogP contribution in [0.4, 0.5) is 10.1 Å².